The van der Waals surface area contributed by atoms with Crippen LogP contribution in [-0.4, -0.2) is 28.6 Å². The number of aryl methyl sites for hydroxylation is 2. The molecule has 0 bridgehead atoms. The third-order valence-corrected chi connectivity index (χ3v) is 5.85. The Kier molecular flexibility index (Phi) is 4.82. The van der Waals surface area contributed by atoms with Crippen molar-refractivity contribution in [3.05, 3.63) is 46.3 Å². The van der Waals surface area contributed by atoms with Crippen molar-refractivity contribution in [1.29, 1.82) is 0 Å². The molecule has 0 unspecified atom stereocenters. The van der Waals surface area contributed by atoms with E-state index in [1.54, 1.807) is 17.4 Å². The second-order valence-corrected chi connectivity index (χ2v) is 7.37. The summed E-state index contributed by atoms with van der Waals surface area (Å²) in [6, 6.07) is 4.24. The van der Waals surface area contributed by atoms with Gasteiger partial charge in [-0.2, -0.15) is 0 Å². The standard InChI is InChI=1S/C17H15FN2O2S2/c1-9-10(2)24-17-15(9)16(19-8-20-17)23-7-13(21)11-4-5-14(22-3)12(18)6-11/h4-6,8H,7H2,1-3H3. The van der Waals surface area contributed by atoms with Gasteiger partial charge in [0.25, 0.3) is 0 Å². The van der Waals surface area contributed by atoms with Gasteiger partial charge in [-0.1, -0.05) is 11.8 Å². The first-order valence-corrected chi connectivity index (χ1v) is 9.01. The molecule has 2 aromatic heterocycles. The minimum atomic E-state index is -0.540. The second kappa shape index (κ2) is 6.86. The average molecular weight is 362 g/mol. The summed E-state index contributed by atoms with van der Waals surface area (Å²) in [6.45, 7) is 4.07. The number of thiophene rings is 1. The van der Waals surface area contributed by atoms with Crippen molar-refractivity contribution in [3.8, 4) is 5.75 Å². The largest absolute Gasteiger partial charge is 0.494 e. The van der Waals surface area contributed by atoms with Crippen molar-refractivity contribution < 1.29 is 13.9 Å². The Balaban J connectivity index is 1.81. The number of carbonyl (C=O) groups excluding carboxylic acids is 1. The summed E-state index contributed by atoms with van der Waals surface area (Å²) in [5.41, 5.74) is 1.46. The van der Waals surface area contributed by atoms with Crippen LogP contribution < -0.4 is 4.74 Å². The summed E-state index contributed by atoms with van der Waals surface area (Å²) in [5.74, 6) is -0.382. The van der Waals surface area contributed by atoms with E-state index in [1.807, 2.05) is 13.8 Å². The molecule has 7 heteroatoms. The number of nitrogens with zero attached hydrogens (tertiary/aromatic N) is 2. The number of methoxy groups -OCH3 is 1. The van der Waals surface area contributed by atoms with Crippen LogP contribution in [0.15, 0.2) is 29.6 Å². The van der Waals surface area contributed by atoms with E-state index in [4.69, 9.17) is 4.74 Å². The van der Waals surface area contributed by atoms with E-state index in [1.165, 1.54) is 42.2 Å². The Morgan fingerprint density at radius 3 is 2.83 bits per heavy atom. The number of hydrogen-bond acceptors (Lipinski definition) is 6. The van der Waals surface area contributed by atoms with Gasteiger partial charge in [-0.25, -0.2) is 14.4 Å². The topological polar surface area (TPSA) is 52.1 Å². The quantitative estimate of drug-likeness (QED) is 0.382. The lowest BCUT2D eigenvalue weighted by molar-refractivity contribution is 0.102. The van der Waals surface area contributed by atoms with E-state index >= 15 is 0 Å². The van der Waals surface area contributed by atoms with E-state index < -0.39 is 5.82 Å². The van der Waals surface area contributed by atoms with Crippen molar-refractivity contribution in [2.75, 3.05) is 12.9 Å². The number of aromatic nitrogens is 2. The lowest BCUT2D eigenvalue weighted by Crippen LogP contribution is -2.04. The number of thioether (sulfide) groups is 1. The molecule has 3 rings (SSSR count). The highest BCUT2D eigenvalue weighted by molar-refractivity contribution is 8.00. The SMILES string of the molecule is COc1ccc(C(=O)CSc2ncnc3sc(C)c(C)c23)cc1F. The van der Waals surface area contributed by atoms with Crippen LogP contribution in [0, 0.1) is 19.7 Å². The fourth-order valence-corrected chi connectivity index (χ4v) is 4.33. The normalized spacial score (nSPS) is 11.0. The fourth-order valence-electron chi connectivity index (χ4n) is 2.32. The van der Waals surface area contributed by atoms with Crippen molar-refractivity contribution in [3.63, 3.8) is 0 Å². The number of ether oxygens (including phenoxy) is 1. The molecule has 0 saturated heterocycles. The van der Waals surface area contributed by atoms with Gasteiger partial charge in [-0.3, -0.25) is 4.79 Å². The van der Waals surface area contributed by atoms with Crippen LogP contribution in [0.2, 0.25) is 0 Å². The number of Topliss-reactive ketones (excluding diaryl/α,β-unsaturated/α-hetero) is 1. The van der Waals surface area contributed by atoms with Crippen LogP contribution in [0.4, 0.5) is 4.39 Å². The smallest absolute Gasteiger partial charge is 0.173 e. The molecular weight excluding hydrogens is 347 g/mol. The van der Waals surface area contributed by atoms with Gasteiger partial charge < -0.3 is 4.74 Å². The zero-order chi connectivity index (χ0) is 17.3. The predicted octanol–water partition coefficient (Wildman–Crippen LogP) is 4.43. The Labute approximate surface area is 147 Å². The number of hydrogen-bond donors (Lipinski definition) is 0. The molecule has 0 N–H and O–H groups in total. The van der Waals surface area contributed by atoms with Crippen molar-refractivity contribution in [1.82, 2.24) is 9.97 Å². The summed E-state index contributed by atoms with van der Waals surface area (Å²) in [7, 11) is 1.39. The molecular formula is C17H15FN2O2S2. The molecule has 0 atom stereocenters. The third-order valence-electron chi connectivity index (χ3n) is 3.74. The first kappa shape index (κ1) is 16.9. The molecule has 0 spiro atoms. The number of carbonyl (C=O) groups is 1. The Bertz CT molecular complexity index is 924. The van der Waals surface area contributed by atoms with Gasteiger partial charge in [0.05, 0.1) is 12.9 Å². The third kappa shape index (κ3) is 3.14. The average Bonchev–Trinajstić information content (AvgIpc) is 2.87. The molecule has 0 saturated carbocycles. The van der Waals surface area contributed by atoms with Crippen molar-refractivity contribution >= 4 is 39.1 Å². The molecule has 0 aliphatic rings. The molecule has 0 radical (unpaired) electrons. The summed E-state index contributed by atoms with van der Waals surface area (Å²) in [6.07, 6.45) is 1.51. The van der Waals surface area contributed by atoms with E-state index in [0.717, 1.165) is 20.8 Å². The minimum Gasteiger partial charge on any atom is -0.494 e. The van der Waals surface area contributed by atoms with Crippen LogP contribution in [0.25, 0.3) is 10.2 Å². The Morgan fingerprint density at radius 1 is 1.33 bits per heavy atom. The zero-order valence-electron chi connectivity index (χ0n) is 13.4. The highest BCUT2D eigenvalue weighted by Crippen LogP contribution is 2.34. The molecule has 4 nitrogen and oxygen atoms in total. The monoisotopic (exact) mass is 362 g/mol. The van der Waals surface area contributed by atoms with Gasteiger partial charge in [0.1, 0.15) is 16.2 Å². The van der Waals surface area contributed by atoms with E-state index in [-0.39, 0.29) is 17.3 Å². The second-order valence-electron chi connectivity index (χ2n) is 5.20. The van der Waals surface area contributed by atoms with Gasteiger partial charge in [0, 0.05) is 15.8 Å². The molecule has 24 heavy (non-hydrogen) atoms. The van der Waals surface area contributed by atoms with Gasteiger partial charge >= 0.3 is 0 Å². The fraction of sp³-hybridized carbons (Fsp3) is 0.235. The van der Waals surface area contributed by atoms with Crippen LogP contribution >= 0.6 is 23.1 Å². The number of benzene rings is 1. The number of fused-ring (bicyclic) bond motifs is 1. The Morgan fingerprint density at radius 2 is 2.12 bits per heavy atom. The summed E-state index contributed by atoms with van der Waals surface area (Å²) < 4.78 is 18.6. The maximum Gasteiger partial charge on any atom is 0.173 e. The number of ketones is 1. The van der Waals surface area contributed by atoms with Gasteiger partial charge in [-0.15, -0.1) is 11.3 Å². The lowest BCUT2D eigenvalue weighted by atomic mass is 10.1. The van der Waals surface area contributed by atoms with Gasteiger partial charge in [-0.05, 0) is 37.6 Å². The predicted molar refractivity (Wildman–Crippen MR) is 94.9 cm³/mol. The van der Waals surface area contributed by atoms with Crippen LogP contribution in [0.1, 0.15) is 20.8 Å². The van der Waals surface area contributed by atoms with Crippen LogP contribution in [0.5, 0.6) is 5.75 Å². The highest BCUT2D eigenvalue weighted by Gasteiger charge is 2.15. The molecule has 0 fully saturated rings. The number of halogens is 1. The minimum absolute atomic E-state index is 0.126. The van der Waals surface area contributed by atoms with E-state index in [2.05, 4.69) is 9.97 Å². The number of rotatable bonds is 5. The summed E-state index contributed by atoms with van der Waals surface area (Å²) in [5, 5.41) is 1.78. The van der Waals surface area contributed by atoms with Crippen LogP contribution in [-0.2, 0) is 0 Å². The maximum absolute atomic E-state index is 13.7. The lowest BCUT2D eigenvalue weighted by Gasteiger charge is -2.05. The molecule has 3 aromatic rings. The van der Waals surface area contributed by atoms with Crippen molar-refractivity contribution in [2.24, 2.45) is 0 Å². The van der Waals surface area contributed by atoms with Crippen LogP contribution in [0.3, 0.4) is 0 Å². The van der Waals surface area contributed by atoms with Gasteiger partial charge in [0.2, 0.25) is 0 Å². The molecule has 124 valence electrons. The Hall–Kier alpha value is -1.99. The zero-order valence-corrected chi connectivity index (χ0v) is 15.1. The van der Waals surface area contributed by atoms with E-state index in [0.29, 0.717) is 5.56 Å². The van der Waals surface area contributed by atoms with E-state index in [9.17, 15) is 9.18 Å². The first-order valence-electron chi connectivity index (χ1n) is 7.21. The molecule has 1 aromatic carbocycles. The maximum atomic E-state index is 13.7. The highest BCUT2D eigenvalue weighted by atomic mass is 32.2. The summed E-state index contributed by atoms with van der Waals surface area (Å²) >= 11 is 2.97. The molecule has 0 aliphatic carbocycles. The molecule has 0 amide bonds. The molecule has 0 aliphatic heterocycles. The van der Waals surface area contributed by atoms with Gasteiger partial charge in [0.15, 0.2) is 17.3 Å². The first-order chi connectivity index (χ1) is 11.5. The summed E-state index contributed by atoms with van der Waals surface area (Å²) in [4.78, 5) is 23.0. The molecule has 2 heterocycles. The van der Waals surface area contributed by atoms with Crippen molar-refractivity contribution in [2.45, 2.75) is 18.9 Å².